The van der Waals surface area contributed by atoms with Crippen molar-refractivity contribution in [1.29, 1.82) is 0 Å². The van der Waals surface area contributed by atoms with E-state index >= 15 is 0 Å². The highest BCUT2D eigenvalue weighted by atomic mass is 79.9. The van der Waals surface area contributed by atoms with Crippen LogP contribution in [0.15, 0.2) is 59.1 Å². The molecule has 2 aromatic carbocycles. The van der Waals surface area contributed by atoms with Gasteiger partial charge in [0.2, 0.25) is 0 Å². The SMILES string of the molecule is C#CC(Nc1ccccc1Br)c1ccccc1. The number of halogens is 1. The van der Waals surface area contributed by atoms with E-state index in [9.17, 15) is 0 Å². The summed E-state index contributed by atoms with van der Waals surface area (Å²) in [7, 11) is 0. The van der Waals surface area contributed by atoms with Crippen LogP contribution in [-0.2, 0) is 0 Å². The Bertz CT molecular complexity index is 528. The van der Waals surface area contributed by atoms with Crippen molar-refractivity contribution in [3.63, 3.8) is 0 Å². The van der Waals surface area contributed by atoms with Crippen LogP contribution in [0.25, 0.3) is 0 Å². The largest absolute Gasteiger partial charge is 0.367 e. The zero-order chi connectivity index (χ0) is 12.1. The van der Waals surface area contributed by atoms with Gasteiger partial charge in [0.25, 0.3) is 0 Å². The fourth-order valence-electron chi connectivity index (χ4n) is 1.60. The predicted molar refractivity (Wildman–Crippen MR) is 75.8 cm³/mol. The van der Waals surface area contributed by atoms with Gasteiger partial charge in [0.05, 0.1) is 0 Å². The molecular weight excluding hydrogens is 274 g/mol. The van der Waals surface area contributed by atoms with Crippen LogP contribution in [0.1, 0.15) is 11.6 Å². The normalized spacial score (nSPS) is 11.5. The second kappa shape index (κ2) is 5.56. The number of hydrogen-bond donors (Lipinski definition) is 1. The van der Waals surface area contributed by atoms with Crippen LogP contribution in [0, 0.1) is 12.3 Å². The van der Waals surface area contributed by atoms with Crippen LogP contribution in [-0.4, -0.2) is 0 Å². The number of nitrogens with one attached hydrogen (secondary N) is 1. The number of benzene rings is 2. The molecule has 0 saturated carbocycles. The number of anilines is 1. The summed E-state index contributed by atoms with van der Waals surface area (Å²) in [5.74, 6) is 2.76. The molecule has 2 aromatic rings. The van der Waals surface area contributed by atoms with Crippen LogP contribution >= 0.6 is 15.9 Å². The van der Waals surface area contributed by atoms with Crippen molar-refractivity contribution in [2.75, 3.05) is 5.32 Å². The third-order valence-corrected chi connectivity index (χ3v) is 3.16. The molecule has 1 N–H and O–H groups in total. The molecular formula is C15H12BrN. The zero-order valence-electron chi connectivity index (χ0n) is 9.23. The molecule has 1 nitrogen and oxygen atoms in total. The van der Waals surface area contributed by atoms with E-state index in [4.69, 9.17) is 6.42 Å². The van der Waals surface area contributed by atoms with Gasteiger partial charge in [-0.2, -0.15) is 0 Å². The third-order valence-electron chi connectivity index (χ3n) is 2.47. The average Bonchev–Trinajstić information content (AvgIpc) is 2.39. The van der Waals surface area contributed by atoms with Crippen LogP contribution < -0.4 is 5.32 Å². The fourth-order valence-corrected chi connectivity index (χ4v) is 2.00. The van der Waals surface area contributed by atoms with E-state index < -0.39 is 0 Å². The van der Waals surface area contributed by atoms with Crippen molar-refractivity contribution in [2.24, 2.45) is 0 Å². The van der Waals surface area contributed by atoms with Crippen molar-refractivity contribution >= 4 is 21.6 Å². The first-order valence-electron chi connectivity index (χ1n) is 5.33. The van der Waals surface area contributed by atoms with Crippen molar-refractivity contribution in [2.45, 2.75) is 6.04 Å². The van der Waals surface area contributed by atoms with Gasteiger partial charge in [-0.25, -0.2) is 0 Å². The summed E-state index contributed by atoms with van der Waals surface area (Å²) in [5, 5.41) is 3.33. The summed E-state index contributed by atoms with van der Waals surface area (Å²) in [6, 6.07) is 17.8. The molecule has 0 amide bonds. The Labute approximate surface area is 110 Å². The van der Waals surface area contributed by atoms with E-state index in [0.717, 1.165) is 15.7 Å². The predicted octanol–water partition coefficient (Wildman–Crippen LogP) is 4.24. The standard InChI is InChI=1S/C15H12BrN/c1-2-14(12-8-4-3-5-9-12)17-15-11-7-6-10-13(15)16/h1,3-11,14,17H. The summed E-state index contributed by atoms with van der Waals surface area (Å²) in [6.07, 6.45) is 5.57. The average molecular weight is 286 g/mol. The molecule has 0 aliphatic carbocycles. The number of hydrogen-bond acceptors (Lipinski definition) is 1. The molecule has 0 radical (unpaired) electrons. The quantitative estimate of drug-likeness (QED) is 0.832. The summed E-state index contributed by atoms with van der Waals surface area (Å²) < 4.78 is 1.01. The lowest BCUT2D eigenvalue weighted by Gasteiger charge is -2.15. The summed E-state index contributed by atoms with van der Waals surface area (Å²) >= 11 is 3.50. The van der Waals surface area contributed by atoms with Gasteiger partial charge >= 0.3 is 0 Å². The van der Waals surface area contributed by atoms with Gasteiger partial charge in [-0.3, -0.25) is 0 Å². The van der Waals surface area contributed by atoms with Gasteiger partial charge in [0, 0.05) is 10.2 Å². The highest BCUT2D eigenvalue weighted by molar-refractivity contribution is 9.10. The first kappa shape index (κ1) is 11.8. The van der Waals surface area contributed by atoms with E-state index in [1.807, 2.05) is 54.6 Å². The minimum atomic E-state index is -0.116. The van der Waals surface area contributed by atoms with Gasteiger partial charge in [0.15, 0.2) is 0 Å². The number of para-hydroxylation sites is 1. The second-order valence-electron chi connectivity index (χ2n) is 3.63. The third kappa shape index (κ3) is 2.89. The van der Waals surface area contributed by atoms with Crippen molar-refractivity contribution in [3.8, 4) is 12.3 Å². The molecule has 0 heterocycles. The zero-order valence-corrected chi connectivity index (χ0v) is 10.8. The Morgan fingerprint density at radius 3 is 2.29 bits per heavy atom. The minimum absolute atomic E-state index is 0.116. The van der Waals surface area contributed by atoms with E-state index in [1.54, 1.807) is 0 Å². The molecule has 1 unspecified atom stereocenters. The van der Waals surface area contributed by atoms with E-state index in [2.05, 4.69) is 27.2 Å². The van der Waals surface area contributed by atoms with E-state index in [-0.39, 0.29) is 6.04 Å². The van der Waals surface area contributed by atoms with E-state index in [0.29, 0.717) is 0 Å². The van der Waals surface area contributed by atoms with Gasteiger partial charge in [-0.05, 0) is 33.6 Å². The molecule has 1 atom stereocenters. The molecule has 0 fully saturated rings. The van der Waals surface area contributed by atoms with Gasteiger partial charge in [-0.15, -0.1) is 6.42 Å². The minimum Gasteiger partial charge on any atom is -0.367 e. The summed E-state index contributed by atoms with van der Waals surface area (Å²) in [6.45, 7) is 0. The Morgan fingerprint density at radius 2 is 1.65 bits per heavy atom. The number of rotatable bonds is 3. The Morgan fingerprint density at radius 1 is 1.00 bits per heavy atom. The molecule has 0 spiro atoms. The summed E-state index contributed by atoms with van der Waals surface area (Å²) in [5.41, 5.74) is 2.09. The Balaban J connectivity index is 2.23. The summed E-state index contributed by atoms with van der Waals surface area (Å²) in [4.78, 5) is 0. The lowest BCUT2D eigenvalue weighted by Crippen LogP contribution is -2.08. The first-order valence-corrected chi connectivity index (χ1v) is 6.12. The maximum atomic E-state index is 5.57. The van der Waals surface area contributed by atoms with Crippen LogP contribution in [0.5, 0.6) is 0 Å². The highest BCUT2D eigenvalue weighted by Crippen LogP contribution is 2.25. The maximum Gasteiger partial charge on any atom is 0.113 e. The van der Waals surface area contributed by atoms with Crippen LogP contribution in [0.4, 0.5) is 5.69 Å². The van der Waals surface area contributed by atoms with Gasteiger partial charge < -0.3 is 5.32 Å². The van der Waals surface area contributed by atoms with Crippen LogP contribution in [0.3, 0.4) is 0 Å². The monoisotopic (exact) mass is 285 g/mol. The van der Waals surface area contributed by atoms with E-state index in [1.165, 1.54) is 0 Å². The fraction of sp³-hybridized carbons (Fsp3) is 0.0667. The molecule has 0 aliphatic heterocycles. The lowest BCUT2D eigenvalue weighted by molar-refractivity contribution is 1.02. The van der Waals surface area contributed by atoms with Crippen molar-refractivity contribution < 1.29 is 0 Å². The molecule has 0 aromatic heterocycles. The maximum absolute atomic E-state index is 5.57. The molecule has 17 heavy (non-hydrogen) atoms. The smallest absolute Gasteiger partial charge is 0.113 e. The molecule has 84 valence electrons. The molecule has 0 saturated heterocycles. The molecule has 0 bridgehead atoms. The van der Waals surface area contributed by atoms with Gasteiger partial charge in [0.1, 0.15) is 6.04 Å². The molecule has 2 heteroatoms. The van der Waals surface area contributed by atoms with Crippen LogP contribution in [0.2, 0.25) is 0 Å². The Kier molecular flexibility index (Phi) is 3.85. The molecule has 0 aliphatic rings. The van der Waals surface area contributed by atoms with Gasteiger partial charge in [-0.1, -0.05) is 48.4 Å². The van der Waals surface area contributed by atoms with Crippen molar-refractivity contribution in [3.05, 3.63) is 64.6 Å². The molecule has 2 rings (SSSR count). The topological polar surface area (TPSA) is 12.0 Å². The lowest BCUT2D eigenvalue weighted by atomic mass is 10.1. The highest BCUT2D eigenvalue weighted by Gasteiger charge is 2.08. The van der Waals surface area contributed by atoms with Crippen molar-refractivity contribution in [1.82, 2.24) is 0 Å². The Hall–Kier alpha value is -1.72. The second-order valence-corrected chi connectivity index (χ2v) is 4.49. The number of terminal acetylenes is 1. The first-order chi connectivity index (χ1) is 8.31.